The number of nitrogens with one attached hydrogen (secondary N) is 2. The number of hydrogen-bond acceptors (Lipinski definition) is 5. The van der Waals surface area contributed by atoms with Gasteiger partial charge in [0.2, 0.25) is 0 Å². The molecule has 152 valence electrons. The molecule has 0 atom stereocenters. The Balaban J connectivity index is 1.59. The number of nitrogen functional groups attached to an aromatic ring is 1. The molecule has 30 heavy (non-hydrogen) atoms. The van der Waals surface area contributed by atoms with Crippen molar-refractivity contribution in [1.29, 1.82) is 0 Å². The molecule has 0 fully saturated rings. The summed E-state index contributed by atoms with van der Waals surface area (Å²) in [5.41, 5.74) is 12.9. The number of aromatic nitrogens is 3. The van der Waals surface area contributed by atoms with Gasteiger partial charge in [-0.1, -0.05) is 56.3 Å². The van der Waals surface area contributed by atoms with Crippen LogP contribution in [0.2, 0.25) is 0 Å². The van der Waals surface area contributed by atoms with Crippen LogP contribution in [0.15, 0.2) is 67.4 Å². The van der Waals surface area contributed by atoms with Crippen LogP contribution in [-0.4, -0.2) is 14.6 Å². The van der Waals surface area contributed by atoms with Crippen molar-refractivity contribution >= 4 is 34.4 Å². The first-order valence-corrected chi connectivity index (χ1v) is 9.95. The third kappa shape index (κ3) is 3.98. The molecular weight excluding hydrogens is 372 g/mol. The molecule has 0 bridgehead atoms. The highest BCUT2D eigenvalue weighted by Gasteiger charge is 2.13. The van der Waals surface area contributed by atoms with Crippen molar-refractivity contribution in [2.45, 2.75) is 26.7 Å². The summed E-state index contributed by atoms with van der Waals surface area (Å²) in [5.74, 6) is 1.53. The van der Waals surface area contributed by atoms with E-state index in [1.807, 2.05) is 30.5 Å². The van der Waals surface area contributed by atoms with Crippen molar-refractivity contribution in [3.63, 3.8) is 0 Å². The van der Waals surface area contributed by atoms with Gasteiger partial charge in [0.1, 0.15) is 11.6 Å². The minimum Gasteiger partial charge on any atom is -0.384 e. The monoisotopic (exact) mass is 398 g/mol. The molecule has 2 heterocycles. The molecule has 2 aromatic heterocycles. The van der Waals surface area contributed by atoms with E-state index < -0.39 is 0 Å². The summed E-state index contributed by atoms with van der Waals surface area (Å²) in [4.78, 5) is 4.47. The second kappa shape index (κ2) is 7.91. The van der Waals surface area contributed by atoms with Crippen LogP contribution >= 0.6 is 0 Å². The van der Waals surface area contributed by atoms with Crippen molar-refractivity contribution in [2.24, 2.45) is 0 Å². The lowest BCUT2D eigenvalue weighted by atomic mass is 10.1. The molecule has 0 aliphatic rings. The van der Waals surface area contributed by atoms with Gasteiger partial charge >= 0.3 is 0 Å². The fourth-order valence-corrected chi connectivity index (χ4v) is 3.32. The Hall–Kier alpha value is -3.80. The van der Waals surface area contributed by atoms with E-state index in [1.165, 1.54) is 5.56 Å². The zero-order valence-corrected chi connectivity index (χ0v) is 17.5. The normalized spacial score (nSPS) is 11.1. The first kappa shape index (κ1) is 19.5. The maximum Gasteiger partial charge on any atom is 0.163 e. The second-order valence-electron chi connectivity index (χ2n) is 7.73. The molecule has 4 rings (SSSR count). The van der Waals surface area contributed by atoms with Gasteiger partial charge in [0.15, 0.2) is 5.65 Å². The van der Waals surface area contributed by atoms with E-state index in [0.717, 1.165) is 39.7 Å². The summed E-state index contributed by atoms with van der Waals surface area (Å²) in [7, 11) is 0. The van der Waals surface area contributed by atoms with Crippen LogP contribution in [0, 0.1) is 6.92 Å². The predicted molar refractivity (Wildman–Crippen MR) is 125 cm³/mol. The second-order valence-corrected chi connectivity index (χ2v) is 7.73. The van der Waals surface area contributed by atoms with Crippen LogP contribution in [0.3, 0.4) is 0 Å². The van der Waals surface area contributed by atoms with Gasteiger partial charge < -0.3 is 16.4 Å². The molecule has 0 radical (unpaired) electrons. The molecule has 0 amide bonds. The number of anilines is 4. The third-order valence-electron chi connectivity index (χ3n) is 4.97. The molecule has 0 spiro atoms. The van der Waals surface area contributed by atoms with Crippen molar-refractivity contribution < 1.29 is 0 Å². The summed E-state index contributed by atoms with van der Waals surface area (Å²) < 4.78 is 1.79. The minimum atomic E-state index is 0.310. The summed E-state index contributed by atoms with van der Waals surface area (Å²) in [6, 6.07) is 18.1. The van der Waals surface area contributed by atoms with Gasteiger partial charge in [-0.05, 0) is 36.6 Å². The van der Waals surface area contributed by atoms with Crippen LogP contribution in [0.25, 0.3) is 11.3 Å². The fourth-order valence-electron chi connectivity index (χ4n) is 3.32. The molecule has 2 aromatic carbocycles. The van der Waals surface area contributed by atoms with Crippen molar-refractivity contribution in [3.05, 3.63) is 84.1 Å². The number of benzene rings is 2. The molecule has 0 saturated carbocycles. The maximum atomic E-state index is 6.06. The highest BCUT2D eigenvalue weighted by molar-refractivity contribution is 5.77. The van der Waals surface area contributed by atoms with E-state index in [9.17, 15) is 0 Å². The first-order valence-electron chi connectivity index (χ1n) is 9.95. The van der Waals surface area contributed by atoms with Gasteiger partial charge in [-0.25, -0.2) is 4.98 Å². The number of fused-ring (bicyclic) bond motifs is 1. The quantitative estimate of drug-likeness (QED) is 0.396. The molecule has 4 N–H and O–H groups in total. The Bertz CT molecular complexity index is 1200. The molecule has 4 aromatic rings. The van der Waals surface area contributed by atoms with Crippen LogP contribution < -0.4 is 16.4 Å². The standard InChI is InChI=1S/C24H26N6/c1-15(2)21-14-26-30-23(13-22(25)29-24(21)30)28-20-7-5-6-19(12-20)27-17(4)18-10-8-16(3)9-11-18/h5-15,27-28H,4H2,1-3H3,(H2,25,29). The summed E-state index contributed by atoms with van der Waals surface area (Å²) in [6.07, 6.45) is 1.85. The molecule has 6 heteroatoms. The Kier molecular flexibility index (Phi) is 5.14. The smallest absolute Gasteiger partial charge is 0.163 e. The van der Waals surface area contributed by atoms with Crippen molar-refractivity contribution in [1.82, 2.24) is 14.6 Å². The summed E-state index contributed by atoms with van der Waals surface area (Å²) in [6.45, 7) is 10.5. The number of hydrogen-bond donors (Lipinski definition) is 3. The zero-order chi connectivity index (χ0) is 21.3. The van der Waals surface area contributed by atoms with Gasteiger partial charge in [-0.2, -0.15) is 9.61 Å². The topological polar surface area (TPSA) is 80.3 Å². The number of nitrogens with zero attached hydrogens (tertiary/aromatic N) is 3. The fraction of sp³-hybridized carbons (Fsp3) is 0.167. The molecular formula is C24H26N6. The number of nitrogens with two attached hydrogens (primary N) is 1. The summed E-state index contributed by atoms with van der Waals surface area (Å²) >= 11 is 0. The minimum absolute atomic E-state index is 0.310. The molecule has 0 saturated heterocycles. The number of rotatable bonds is 6. The van der Waals surface area contributed by atoms with Gasteiger partial charge in [0.05, 0.1) is 6.20 Å². The van der Waals surface area contributed by atoms with Gasteiger partial charge in [0, 0.05) is 28.7 Å². The zero-order valence-electron chi connectivity index (χ0n) is 17.5. The predicted octanol–water partition coefficient (Wildman–Crippen LogP) is 5.57. The van der Waals surface area contributed by atoms with Crippen LogP contribution in [-0.2, 0) is 0 Å². The highest BCUT2D eigenvalue weighted by Crippen LogP contribution is 2.27. The molecule has 0 aliphatic heterocycles. The van der Waals surface area contributed by atoms with Crippen LogP contribution in [0.4, 0.5) is 23.0 Å². The van der Waals surface area contributed by atoms with Gasteiger partial charge in [-0.3, -0.25) is 0 Å². The first-order chi connectivity index (χ1) is 14.4. The van der Waals surface area contributed by atoms with Crippen molar-refractivity contribution in [2.75, 3.05) is 16.4 Å². The van der Waals surface area contributed by atoms with Gasteiger partial charge in [-0.15, -0.1) is 0 Å². The molecule has 0 unspecified atom stereocenters. The molecule has 6 nitrogen and oxygen atoms in total. The largest absolute Gasteiger partial charge is 0.384 e. The SMILES string of the molecule is C=C(Nc1cccc(Nc2cc(N)nc3c(C(C)C)cnn23)c1)c1ccc(C)cc1. The Morgan fingerprint density at radius 3 is 2.53 bits per heavy atom. The Labute approximate surface area is 176 Å². The average Bonchev–Trinajstić information content (AvgIpc) is 3.13. The lowest BCUT2D eigenvalue weighted by molar-refractivity contribution is 0.872. The summed E-state index contributed by atoms with van der Waals surface area (Å²) in [5, 5.41) is 11.3. The van der Waals surface area contributed by atoms with E-state index in [-0.39, 0.29) is 0 Å². The average molecular weight is 399 g/mol. The van der Waals surface area contributed by atoms with E-state index >= 15 is 0 Å². The molecule has 0 aliphatic carbocycles. The van der Waals surface area contributed by atoms with E-state index in [1.54, 1.807) is 10.6 Å². The lowest BCUT2D eigenvalue weighted by Crippen LogP contribution is -2.05. The van der Waals surface area contributed by atoms with E-state index in [0.29, 0.717) is 11.7 Å². The van der Waals surface area contributed by atoms with Crippen LogP contribution in [0.5, 0.6) is 0 Å². The highest BCUT2D eigenvalue weighted by atomic mass is 15.3. The van der Waals surface area contributed by atoms with E-state index in [4.69, 9.17) is 5.73 Å². The van der Waals surface area contributed by atoms with Gasteiger partial charge in [0.25, 0.3) is 0 Å². The number of aryl methyl sites for hydroxylation is 1. The van der Waals surface area contributed by atoms with E-state index in [2.05, 4.69) is 72.3 Å². The van der Waals surface area contributed by atoms with Crippen molar-refractivity contribution in [3.8, 4) is 0 Å². The lowest BCUT2D eigenvalue weighted by Gasteiger charge is -2.13. The Morgan fingerprint density at radius 2 is 1.80 bits per heavy atom. The maximum absolute atomic E-state index is 6.06. The Morgan fingerprint density at radius 1 is 1.07 bits per heavy atom. The third-order valence-corrected chi connectivity index (χ3v) is 4.97. The van der Waals surface area contributed by atoms with Crippen LogP contribution in [0.1, 0.15) is 36.5 Å².